The van der Waals surface area contributed by atoms with Crippen molar-refractivity contribution in [3.63, 3.8) is 0 Å². The van der Waals surface area contributed by atoms with E-state index in [1.165, 1.54) is 11.1 Å². The first-order valence-electron chi connectivity index (χ1n) is 7.58. The number of halogens is 2. The molecule has 2 N–H and O–H groups in total. The van der Waals surface area contributed by atoms with Gasteiger partial charge in [-0.05, 0) is 35.6 Å². The van der Waals surface area contributed by atoms with Crippen LogP contribution in [0.15, 0.2) is 48.5 Å². The summed E-state index contributed by atoms with van der Waals surface area (Å²) in [5.41, 5.74) is 8.82. The lowest BCUT2D eigenvalue weighted by Crippen LogP contribution is -2.45. The van der Waals surface area contributed by atoms with E-state index in [1.807, 2.05) is 18.2 Å². The van der Waals surface area contributed by atoms with Gasteiger partial charge in [0.1, 0.15) is 0 Å². The van der Waals surface area contributed by atoms with E-state index < -0.39 is 0 Å². The lowest BCUT2D eigenvalue weighted by Gasteiger charge is -2.36. The van der Waals surface area contributed by atoms with Crippen LogP contribution < -0.4 is 5.73 Å². The van der Waals surface area contributed by atoms with Crippen LogP contribution in [0.2, 0.25) is 10.0 Å². The number of hydrogen-bond acceptors (Lipinski definition) is 2. The van der Waals surface area contributed by atoms with E-state index in [9.17, 15) is 0 Å². The molecule has 3 rings (SSSR count). The summed E-state index contributed by atoms with van der Waals surface area (Å²) < 4.78 is 0. The number of likely N-dealkylation sites (tertiary alicyclic amines) is 1. The van der Waals surface area contributed by atoms with Crippen molar-refractivity contribution in [2.75, 3.05) is 13.1 Å². The van der Waals surface area contributed by atoms with E-state index in [-0.39, 0.29) is 6.04 Å². The largest absolute Gasteiger partial charge is 0.327 e. The topological polar surface area (TPSA) is 29.3 Å². The zero-order chi connectivity index (χ0) is 15.5. The Labute approximate surface area is 141 Å². The number of hydrogen-bond donors (Lipinski definition) is 1. The van der Waals surface area contributed by atoms with Gasteiger partial charge in [0.2, 0.25) is 0 Å². The summed E-state index contributed by atoms with van der Waals surface area (Å²) in [5.74, 6) is 0.493. The van der Waals surface area contributed by atoms with Crippen molar-refractivity contribution in [3.05, 3.63) is 69.7 Å². The lowest BCUT2D eigenvalue weighted by molar-refractivity contribution is 0.181. The van der Waals surface area contributed by atoms with Crippen molar-refractivity contribution in [2.24, 2.45) is 5.73 Å². The number of benzene rings is 2. The van der Waals surface area contributed by atoms with Crippen LogP contribution in [0, 0.1) is 0 Å². The van der Waals surface area contributed by atoms with Crippen molar-refractivity contribution in [1.29, 1.82) is 0 Å². The zero-order valence-corrected chi connectivity index (χ0v) is 13.9. The first kappa shape index (κ1) is 15.8. The Morgan fingerprint density at radius 2 is 1.77 bits per heavy atom. The minimum absolute atomic E-state index is 0.210. The third-order valence-electron chi connectivity index (χ3n) is 4.22. The van der Waals surface area contributed by atoms with Crippen molar-refractivity contribution in [1.82, 2.24) is 4.90 Å². The van der Waals surface area contributed by atoms with Gasteiger partial charge >= 0.3 is 0 Å². The summed E-state index contributed by atoms with van der Waals surface area (Å²) in [6.07, 6.45) is 1.04. The molecular weight excluding hydrogens is 315 g/mol. The molecule has 1 fully saturated rings. The second kappa shape index (κ2) is 7.01. The molecule has 4 heteroatoms. The summed E-state index contributed by atoms with van der Waals surface area (Å²) in [6, 6.07) is 16.7. The number of rotatable bonds is 3. The van der Waals surface area contributed by atoms with Crippen LogP contribution >= 0.6 is 23.2 Å². The molecule has 1 heterocycles. The molecule has 22 heavy (non-hydrogen) atoms. The van der Waals surface area contributed by atoms with Gasteiger partial charge in [0.15, 0.2) is 0 Å². The molecular formula is C18H20Cl2N2. The Morgan fingerprint density at radius 1 is 1.00 bits per heavy atom. The van der Waals surface area contributed by atoms with Gasteiger partial charge in [-0.2, -0.15) is 0 Å². The minimum atomic E-state index is 0.210. The van der Waals surface area contributed by atoms with E-state index >= 15 is 0 Å². The van der Waals surface area contributed by atoms with Crippen molar-refractivity contribution >= 4 is 23.2 Å². The van der Waals surface area contributed by atoms with Gasteiger partial charge in [-0.3, -0.25) is 4.90 Å². The van der Waals surface area contributed by atoms with Gasteiger partial charge in [0.25, 0.3) is 0 Å². The predicted octanol–water partition coefficient (Wildman–Crippen LogP) is 4.31. The van der Waals surface area contributed by atoms with E-state index in [0.717, 1.165) is 26.1 Å². The molecule has 1 aliphatic rings. The predicted molar refractivity (Wildman–Crippen MR) is 93.5 cm³/mol. The lowest BCUT2D eigenvalue weighted by atomic mass is 9.88. The summed E-state index contributed by atoms with van der Waals surface area (Å²) in [7, 11) is 0. The molecule has 2 atom stereocenters. The fourth-order valence-corrected chi connectivity index (χ4v) is 3.55. The summed E-state index contributed by atoms with van der Waals surface area (Å²) in [5, 5.41) is 1.21. The Kier molecular flexibility index (Phi) is 5.04. The van der Waals surface area contributed by atoms with Crippen LogP contribution in [0.5, 0.6) is 0 Å². The molecule has 2 aromatic carbocycles. The Balaban J connectivity index is 1.72. The molecule has 0 bridgehead atoms. The first-order chi connectivity index (χ1) is 10.6. The number of piperidine rings is 1. The minimum Gasteiger partial charge on any atom is -0.327 e. The molecule has 2 aromatic rings. The zero-order valence-electron chi connectivity index (χ0n) is 12.4. The molecule has 116 valence electrons. The van der Waals surface area contributed by atoms with Crippen molar-refractivity contribution in [2.45, 2.75) is 24.9 Å². The van der Waals surface area contributed by atoms with Gasteiger partial charge in [0.05, 0.1) is 10.0 Å². The molecule has 1 saturated heterocycles. The third-order valence-corrected chi connectivity index (χ3v) is 4.96. The molecule has 0 radical (unpaired) electrons. The fourth-order valence-electron chi connectivity index (χ4n) is 3.22. The standard InChI is InChI=1S/C18H20Cl2N2/c19-17-7-6-13(8-18(17)20)10-22-11-15(9-16(21)12-22)14-4-2-1-3-5-14/h1-8,15-16H,9-12,21H2. The Hall–Kier alpha value is -1.06. The van der Waals surface area contributed by atoms with Crippen molar-refractivity contribution in [3.8, 4) is 0 Å². The Bertz CT molecular complexity index is 630. The first-order valence-corrected chi connectivity index (χ1v) is 8.34. The maximum Gasteiger partial charge on any atom is 0.0595 e. The molecule has 0 amide bonds. The number of nitrogens with two attached hydrogens (primary N) is 1. The normalized spacial score (nSPS) is 22.7. The van der Waals surface area contributed by atoms with Crippen LogP contribution in [-0.2, 0) is 6.54 Å². The van der Waals surface area contributed by atoms with E-state index in [4.69, 9.17) is 28.9 Å². The molecule has 2 nitrogen and oxygen atoms in total. The van der Waals surface area contributed by atoms with Gasteiger partial charge in [0, 0.05) is 25.7 Å². The van der Waals surface area contributed by atoms with E-state index in [2.05, 4.69) is 35.2 Å². The molecule has 0 saturated carbocycles. The second-order valence-electron chi connectivity index (χ2n) is 6.05. The molecule has 1 aliphatic heterocycles. The monoisotopic (exact) mass is 334 g/mol. The van der Waals surface area contributed by atoms with Crippen LogP contribution in [0.3, 0.4) is 0 Å². The van der Waals surface area contributed by atoms with E-state index in [1.54, 1.807) is 0 Å². The molecule has 2 unspecified atom stereocenters. The van der Waals surface area contributed by atoms with Crippen LogP contribution in [0.1, 0.15) is 23.5 Å². The fraction of sp³-hybridized carbons (Fsp3) is 0.333. The average molecular weight is 335 g/mol. The summed E-state index contributed by atoms with van der Waals surface area (Å²) in [6.45, 7) is 2.80. The van der Waals surface area contributed by atoms with Gasteiger partial charge in [-0.1, -0.05) is 59.6 Å². The average Bonchev–Trinajstić information content (AvgIpc) is 2.51. The van der Waals surface area contributed by atoms with Crippen LogP contribution in [0.25, 0.3) is 0 Å². The van der Waals surface area contributed by atoms with Gasteiger partial charge in [-0.15, -0.1) is 0 Å². The summed E-state index contributed by atoms with van der Waals surface area (Å²) in [4.78, 5) is 2.41. The van der Waals surface area contributed by atoms with Crippen LogP contribution in [0.4, 0.5) is 0 Å². The van der Waals surface area contributed by atoms with Crippen molar-refractivity contribution < 1.29 is 0 Å². The third kappa shape index (κ3) is 3.82. The maximum absolute atomic E-state index is 6.27. The highest BCUT2D eigenvalue weighted by Crippen LogP contribution is 2.28. The van der Waals surface area contributed by atoms with Gasteiger partial charge < -0.3 is 5.73 Å². The molecule has 0 aliphatic carbocycles. The number of nitrogens with zero attached hydrogens (tertiary/aromatic N) is 1. The van der Waals surface area contributed by atoms with Crippen LogP contribution in [-0.4, -0.2) is 24.0 Å². The maximum atomic E-state index is 6.27. The highest BCUT2D eigenvalue weighted by Gasteiger charge is 2.26. The SMILES string of the molecule is NC1CC(c2ccccc2)CN(Cc2ccc(Cl)c(Cl)c2)C1. The molecule has 0 spiro atoms. The highest BCUT2D eigenvalue weighted by molar-refractivity contribution is 6.42. The van der Waals surface area contributed by atoms with Gasteiger partial charge in [-0.25, -0.2) is 0 Å². The van der Waals surface area contributed by atoms with E-state index in [0.29, 0.717) is 16.0 Å². The Morgan fingerprint density at radius 3 is 2.50 bits per heavy atom. The molecule has 0 aromatic heterocycles. The smallest absolute Gasteiger partial charge is 0.0595 e. The summed E-state index contributed by atoms with van der Waals surface area (Å²) >= 11 is 12.1. The quantitative estimate of drug-likeness (QED) is 0.906. The highest BCUT2D eigenvalue weighted by atomic mass is 35.5. The second-order valence-corrected chi connectivity index (χ2v) is 6.86.